The van der Waals surface area contributed by atoms with E-state index >= 15 is 0 Å². The van der Waals surface area contributed by atoms with E-state index in [9.17, 15) is 9.90 Å². The van der Waals surface area contributed by atoms with Gasteiger partial charge >= 0.3 is 0 Å². The molecule has 0 saturated heterocycles. The number of nitrogens with one attached hydrogen (secondary N) is 1. The van der Waals surface area contributed by atoms with Gasteiger partial charge in [-0.15, -0.1) is 0 Å². The third-order valence-corrected chi connectivity index (χ3v) is 3.44. The number of aryl methyl sites for hydroxylation is 1. The van der Waals surface area contributed by atoms with Crippen LogP contribution in [0.25, 0.3) is 22.9 Å². The number of hydrogen-bond acceptors (Lipinski definition) is 4. The maximum atomic E-state index is 12.1. The molecule has 0 amide bonds. The van der Waals surface area contributed by atoms with Gasteiger partial charge in [0.15, 0.2) is 0 Å². The van der Waals surface area contributed by atoms with Crippen LogP contribution in [0.15, 0.2) is 47.3 Å². The molecule has 1 heterocycles. The van der Waals surface area contributed by atoms with Crippen LogP contribution in [0.2, 0.25) is 0 Å². The first-order chi connectivity index (χ1) is 11.1. The summed E-state index contributed by atoms with van der Waals surface area (Å²) in [5.41, 5.74) is 2.79. The van der Waals surface area contributed by atoms with E-state index in [1.165, 1.54) is 6.08 Å². The van der Waals surface area contributed by atoms with Gasteiger partial charge in [-0.2, -0.15) is 5.26 Å². The van der Waals surface area contributed by atoms with Crippen LogP contribution in [0, 0.1) is 18.3 Å². The van der Waals surface area contributed by atoms with E-state index in [-0.39, 0.29) is 11.5 Å². The molecule has 0 fully saturated rings. The molecule has 0 bridgehead atoms. The number of aromatic nitrogens is 2. The van der Waals surface area contributed by atoms with E-state index in [1.807, 2.05) is 31.2 Å². The molecule has 0 saturated carbocycles. The summed E-state index contributed by atoms with van der Waals surface area (Å²) < 4.78 is 0. The van der Waals surface area contributed by atoms with Gasteiger partial charge in [0.1, 0.15) is 11.5 Å². The SMILES string of the molecule is Cc1cccc(/C(O)=C/c2nc3cc(C#N)ccc3[nH]c2=O)c1. The zero-order chi connectivity index (χ0) is 16.4. The van der Waals surface area contributed by atoms with Crippen molar-refractivity contribution in [2.75, 3.05) is 0 Å². The Balaban J connectivity index is 2.12. The maximum Gasteiger partial charge on any atom is 0.274 e. The van der Waals surface area contributed by atoms with E-state index in [0.717, 1.165) is 5.56 Å². The Morgan fingerprint density at radius 3 is 2.87 bits per heavy atom. The molecule has 2 N–H and O–H groups in total. The summed E-state index contributed by atoms with van der Waals surface area (Å²) in [5.74, 6) is -0.0394. The lowest BCUT2D eigenvalue weighted by Crippen LogP contribution is -2.12. The number of aromatic amines is 1. The Hall–Kier alpha value is -3.39. The molecule has 0 aliphatic rings. The summed E-state index contributed by atoms with van der Waals surface area (Å²) in [6.45, 7) is 1.92. The molecule has 23 heavy (non-hydrogen) atoms. The first-order valence-corrected chi connectivity index (χ1v) is 6.99. The van der Waals surface area contributed by atoms with Gasteiger partial charge < -0.3 is 10.1 Å². The lowest BCUT2D eigenvalue weighted by molar-refractivity contribution is 0.515. The fourth-order valence-corrected chi connectivity index (χ4v) is 2.28. The zero-order valence-electron chi connectivity index (χ0n) is 12.4. The molecule has 0 aliphatic heterocycles. The van der Waals surface area contributed by atoms with Crippen LogP contribution >= 0.6 is 0 Å². The first kappa shape index (κ1) is 14.5. The molecular weight excluding hydrogens is 290 g/mol. The molecular formula is C18H13N3O2. The Kier molecular flexibility index (Phi) is 3.65. The average Bonchev–Trinajstić information content (AvgIpc) is 2.55. The van der Waals surface area contributed by atoms with Gasteiger partial charge in [0.05, 0.1) is 22.7 Å². The van der Waals surface area contributed by atoms with Crippen LogP contribution in [0.5, 0.6) is 0 Å². The quantitative estimate of drug-likeness (QED) is 0.712. The summed E-state index contributed by atoms with van der Waals surface area (Å²) in [7, 11) is 0. The Morgan fingerprint density at radius 2 is 2.13 bits per heavy atom. The molecule has 1 aromatic heterocycles. The molecule has 5 nitrogen and oxygen atoms in total. The Morgan fingerprint density at radius 1 is 1.30 bits per heavy atom. The monoisotopic (exact) mass is 303 g/mol. The van der Waals surface area contributed by atoms with Crippen molar-refractivity contribution in [3.63, 3.8) is 0 Å². The van der Waals surface area contributed by atoms with Crippen LogP contribution in [0.3, 0.4) is 0 Å². The summed E-state index contributed by atoms with van der Waals surface area (Å²) in [6.07, 6.45) is 1.33. The predicted octanol–water partition coefficient (Wildman–Crippen LogP) is 3.16. The lowest BCUT2D eigenvalue weighted by atomic mass is 10.1. The number of H-pyrrole nitrogens is 1. The van der Waals surface area contributed by atoms with Crippen LogP contribution < -0.4 is 5.56 Å². The number of fused-ring (bicyclic) bond motifs is 1. The molecule has 0 unspecified atom stereocenters. The molecule has 0 radical (unpaired) electrons. The highest BCUT2D eigenvalue weighted by Gasteiger charge is 2.06. The molecule has 3 aromatic rings. The largest absolute Gasteiger partial charge is 0.507 e. The normalized spacial score (nSPS) is 11.4. The van der Waals surface area contributed by atoms with Gasteiger partial charge in [-0.25, -0.2) is 4.98 Å². The minimum absolute atomic E-state index is 0.0394. The number of aliphatic hydroxyl groups excluding tert-OH is 1. The van der Waals surface area contributed by atoms with E-state index < -0.39 is 5.56 Å². The van der Waals surface area contributed by atoms with Crippen LogP contribution in [-0.2, 0) is 0 Å². The third kappa shape index (κ3) is 2.97. The summed E-state index contributed by atoms with van der Waals surface area (Å²) >= 11 is 0. The fourth-order valence-electron chi connectivity index (χ4n) is 2.28. The van der Waals surface area contributed by atoms with Crippen LogP contribution in [0.1, 0.15) is 22.4 Å². The van der Waals surface area contributed by atoms with E-state index in [0.29, 0.717) is 22.2 Å². The number of nitriles is 1. The zero-order valence-corrected chi connectivity index (χ0v) is 12.4. The van der Waals surface area contributed by atoms with Gasteiger partial charge in [0, 0.05) is 11.6 Å². The highest BCUT2D eigenvalue weighted by atomic mass is 16.3. The van der Waals surface area contributed by atoms with Crippen LogP contribution in [-0.4, -0.2) is 15.1 Å². The minimum atomic E-state index is -0.401. The number of hydrogen-bond donors (Lipinski definition) is 2. The molecule has 2 aromatic carbocycles. The van der Waals surface area contributed by atoms with Crippen molar-refractivity contribution >= 4 is 22.9 Å². The van der Waals surface area contributed by atoms with Crippen molar-refractivity contribution in [3.05, 3.63) is 75.2 Å². The van der Waals surface area contributed by atoms with Gasteiger partial charge in [-0.1, -0.05) is 23.8 Å². The smallest absolute Gasteiger partial charge is 0.274 e. The van der Waals surface area contributed by atoms with Crippen molar-refractivity contribution < 1.29 is 5.11 Å². The van der Waals surface area contributed by atoms with Crippen molar-refractivity contribution in [3.8, 4) is 6.07 Å². The molecule has 3 rings (SSSR count). The van der Waals surface area contributed by atoms with Crippen molar-refractivity contribution in [1.82, 2.24) is 9.97 Å². The molecule has 112 valence electrons. The average molecular weight is 303 g/mol. The second-order valence-corrected chi connectivity index (χ2v) is 5.19. The highest BCUT2D eigenvalue weighted by molar-refractivity contribution is 5.80. The topological polar surface area (TPSA) is 89.8 Å². The molecule has 0 aliphatic carbocycles. The second-order valence-electron chi connectivity index (χ2n) is 5.19. The van der Waals surface area contributed by atoms with Gasteiger partial charge in [0.25, 0.3) is 5.56 Å². The summed E-state index contributed by atoms with van der Waals surface area (Å²) in [5, 5.41) is 19.2. The predicted molar refractivity (Wildman–Crippen MR) is 88.8 cm³/mol. The second kappa shape index (κ2) is 5.78. The Labute approximate surface area is 132 Å². The molecule has 0 atom stereocenters. The summed E-state index contributed by atoms with van der Waals surface area (Å²) in [4.78, 5) is 19.0. The minimum Gasteiger partial charge on any atom is -0.507 e. The van der Waals surface area contributed by atoms with E-state index in [2.05, 4.69) is 9.97 Å². The van der Waals surface area contributed by atoms with Gasteiger partial charge in [-0.3, -0.25) is 4.79 Å². The van der Waals surface area contributed by atoms with Crippen LogP contribution in [0.4, 0.5) is 0 Å². The van der Waals surface area contributed by atoms with Crippen molar-refractivity contribution in [2.45, 2.75) is 6.92 Å². The van der Waals surface area contributed by atoms with Gasteiger partial charge in [0.2, 0.25) is 0 Å². The maximum absolute atomic E-state index is 12.1. The Bertz CT molecular complexity index is 1030. The summed E-state index contributed by atoms with van der Waals surface area (Å²) in [6, 6.07) is 14.2. The number of nitrogens with zero attached hydrogens (tertiary/aromatic N) is 2. The molecule has 0 spiro atoms. The van der Waals surface area contributed by atoms with Crippen molar-refractivity contribution in [1.29, 1.82) is 5.26 Å². The number of aliphatic hydroxyl groups is 1. The molecule has 5 heteroatoms. The van der Waals surface area contributed by atoms with Crippen molar-refractivity contribution in [2.24, 2.45) is 0 Å². The lowest BCUT2D eigenvalue weighted by Gasteiger charge is -2.03. The highest BCUT2D eigenvalue weighted by Crippen LogP contribution is 2.16. The van der Waals surface area contributed by atoms with E-state index in [4.69, 9.17) is 5.26 Å². The van der Waals surface area contributed by atoms with E-state index in [1.54, 1.807) is 24.3 Å². The fraction of sp³-hybridized carbons (Fsp3) is 0.0556. The number of benzene rings is 2. The first-order valence-electron chi connectivity index (χ1n) is 6.99. The third-order valence-electron chi connectivity index (χ3n) is 3.44. The van der Waals surface area contributed by atoms with Gasteiger partial charge in [-0.05, 0) is 31.2 Å². The standard InChI is InChI=1S/C18H13N3O2/c1-11-3-2-4-13(7-11)17(22)9-16-18(23)21-14-6-5-12(10-19)8-15(14)20-16/h2-9,22H,1H3,(H,21,23)/b17-9-. The number of rotatable bonds is 2.